The summed E-state index contributed by atoms with van der Waals surface area (Å²) >= 11 is 2.47. The van der Waals surface area contributed by atoms with Crippen molar-refractivity contribution >= 4 is 46.2 Å². The number of unbranched alkanes of at least 4 members (excludes halogenated alkanes) is 2. The SMILES string of the molecule is O=C(NCCCCCC(=O)N1CCC(I)CC1)C1CCC(CN2C(=O)C=CC2=O)CC1. The molecule has 7 nitrogen and oxygen atoms in total. The molecule has 0 bridgehead atoms. The Hall–Kier alpha value is -1.45. The van der Waals surface area contributed by atoms with Crippen LogP contribution in [-0.2, 0) is 19.2 Å². The number of hydrogen-bond acceptors (Lipinski definition) is 4. The summed E-state index contributed by atoms with van der Waals surface area (Å²) in [5.41, 5.74) is 0. The molecule has 2 heterocycles. The average molecular weight is 543 g/mol. The first-order valence-corrected chi connectivity index (χ1v) is 12.9. The first-order chi connectivity index (χ1) is 14.9. The molecule has 3 rings (SSSR count). The molecule has 1 saturated carbocycles. The van der Waals surface area contributed by atoms with Crippen molar-refractivity contribution in [1.82, 2.24) is 15.1 Å². The number of piperidine rings is 1. The molecule has 0 aromatic heterocycles. The zero-order chi connectivity index (χ0) is 22.2. The second kappa shape index (κ2) is 12.0. The molecule has 3 aliphatic rings. The average Bonchev–Trinajstić information content (AvgIpc) is 3.09. The maximum Gasteiger partial charge on any atom is 0.253 e. The van der Waals surface area contributed by atoms with Crippen LogP contribution in [0, 0.1) is 11.8 Å². The lowest BCUT2D eigenvalue weighted by Gasteiger charge is -2.30. The quantitative estimate of drug-likeness (QED) is 0.210. The summed E-state index contributed by atoms with van der Waals surface area (Å²) in [7, 11) is 0. The molecular formula is C23H34IN3O4. The number of nitrogens with one attached hydrogen (secondary N) is 1. The smallest absolute Gasteiger partial charge is 0.253 e. The summed E-state index contributed by atoms with van der Waals surface area (Å²) in [6, 6.07) is 0. The van der Waals surface area contributed by atoms with Crippen LogP contribution in [0.25, 0.3) is 0 Å². The normalized spacial score (nSPS) is 24.7. The molecule has 2 fully saturated rings. The lowest BCUT2D eigenvalue weighted by Crippen LogP contribution is -2.38. The summed E-state index contributed by atoms with van der Waals surface area (Å²) in [6.45, 7) is 2.92. The Balaban J connectivity index is 1.22. The number of halogens is 1. The van der Waals surface area contributed by atoms with E-state index < -0.39 is 0 Å². The van der Waals surface area contributed by atoms with Crippen LogP contribution >= 0.6 is 22.6 Å². The third-order valence-electron chi connectivity index (χ3n) is 6.70. The zero-order valence-electron chi connectivity index (χ0n) is 18.2. The highest BCUT2D eigenvalue weighted by Crippen LogP contribution is 2.30. The highest BCUT2D eigenvalue weighted by atomic mass is 127. The molecule has 1 saturated heterocycles. The first-order valence-electron chi connectivity index (χ1n) is 11.7. The molecule has 0 spiro atoms. The monoisotopic (exact) mass is 543 g/mol. The topological polar surface area (TPSA) is 86.8 Å². The fourth-order valence-electron chi connectivity index (χ4n) is 4.67. The number of carbonyl (C=O) groups is 4. The van der Waals surface area contributed by atoms with Crippen molar-refractivity contribution in [2.75, 3.05) is 26.2 Å². The van der Waals surface area contributed by atoms with Crippen molar-refractivity contribution in [2.24, 2.45) is 11.8 Å². The highest BCUT2D eigenvalue weighted by molar-refractivity contribution is 14.1. The summed E-state index contributed by atoms with van der Waals surface area (Å²) in [4.78, 5) is 51.3. The van der Waals surface area contributed by atoms with Crippen molar-refractivity contribution in [3.05, 3.63) is 12.2 Å². The van der Waals surface area contributed by atoms with Crippen LogP contribution in [0.5, 0.6) is 0 Å². The van der Waals surface area contributed by atoms with Gasteiger partial charge in [-0.25, -0.2) is 0 Å². The molecule has 0 atom stereocenters. The molecule has 0 unspecified atom stereocenters. The second-order valence-electron chi connectivity index (χ2n) is 9.00. The van der Waals surface area contributed by atoms with E-state index in [1.54, 1.807) is 0 Å². The largest absolute Gasteiger partial charge is 0.356 e. The first kappa shape index (κ1) is 24.2. The number of likely N-dealkylation sites (tertiary alicyclic amines) is 1. The van der Waals surface area contributed by atoms with E-state index in [-0.39, 0.29) is 35.5 Å². The second-order valence-corrected chi connectivity index (χ2v) is 10.8. The molecule has 1 aliphatic carbocycles. The van der Waals surface area contributed by atoms with Crippen LogP contribution in [0.1, 0.15) is 64.2 Å². The van der Waals surface area contributed by atoms with Crippen LogP contribution < -0.4 is 5.32 Å². The maximum absolute atomic E-state index is 12.4. The minimum Gasteiger partial charge on any atom is -0.356 e. The lowest BCUT2D eigenvalue weighted by molar-refractivity contribution is -0.138. The molecule has 0 aromatic carbocycles. The van der Waals surface area contributed by atoms with Gasteiger partial charge in [0.25, 0.3) is 11.8 Å². The van der Waals surface area contributed by atoms with Crippen molar-refractivity contribution in [2.45, 2.75) is 68.1 Å². The molecule has 31 heavy (non-hydrogen) atoms. The maximum atomic E-state index is 12.4. The van der Waals surface area contributed by atoms with Crippen LogP contribution in [-0.4, -0.2) is 63.5 Å². The Morgan fingerprint density at radius 2 is 1.58 bits per heavy atom. The fraction of sp³-hybridized carbons (Fsp3) is 0.739. The summed E-state index contributed by atoms with van der Waals surface area (Å²) in [5.74, 6) is 0.260. The van der Waals surface area contributed by atoms with Crippen LogP contribution in [0.3, 0.4) is 0 Å². The van der Waals surface area contributed by atoms with Gasteiger partial charge in [-0.2, -0.15) is 0 Å². The lowest BCUT2D eigenvalue weighted by atomic mass is 9.81. The van der Waals surface area contributed by atoms with Crippen LogP contribution in [0.4, 0.5) is 0 Å². The van der Waals surface area contributed by atoms with Gasteiger partial charge in [0.2, 0.25) is 11.8 Å². The Morgan fingerprint density at radius 3 is 2.23 bits per heavy atom. The van der Waals surface area contributed by atoms with E-state index in [1.807, 2.05) is 4.90 Å². The Bertz CT molecular complexity index is 677. The van der Waals surface area contributed by atoms with E-state index in [2.05, 4.69) is 27.9 Å². The van der Waals surface area contributed by atoms with Crippen molar-refractivity contribution in [1.29, 1.82) is 0 Å². The molecule has 0 aromatic rings. The van der Waals surface area contributed by atoms with E-state index in [1.165, 1.54) is 17.1 Å². The van der Waals surface area contributed by atoms with Gasteiger partial charge in [0.15, 0.2) is 0 Å². The molecule has 0 radical (unpaired) electrons. The Morgan fingerprint density at radius 1 is 0.935 bits per heavy atom. The van der Waals surface area contributed by atoms with E-state index in [0.29, 0.717) is 23.4 Å². The Labute approximate surface area is 198 Å². The standard InChI is InChI=1S/C23H34IN3O4/c24-19-11-14-26(15-12-19)20(28)4-2-1-3-13-25-23(31)18-7-5-17(6-8-18)16-27-21(29)9-10-22(27)30/h9-10,17-19H,1-8,11-16H2,(H,25,31). The molecular weight excluding hydrogens is 509 g/mol. The summed E-state index contributed by atoms with van der Waals surface area (Å²) in [6.07, 6.45) is 11.6. The predicted octanol–water partition coefficient (Wildman–Crippen LogP) is 2.82. The zero-order valence-corrected chi connectivity index (χ0v) is 20.3. The molecule has 2 aliphatic heterocycles. The van der Waals surface area contributed by atoms with Gasteiger partial charge in [-0.15, -0.1) is 0 Å². The third-order valence-corrected chi connectivity index (χ3v) is 7.95. The van der Waals surface area contributed by atoms with E-state index in [0.717, 1.165) is 70.9 Å². The number of imide groups is 1. The van der Waals surface area contributed by atoms with Gasteiger partial charge in [0.1, 0.15) is 0 Å². The van der Waals surface area contributed by atoms with Gasteiger partial charge in [-0.3, -0.25) is 24.1 Å². The number of nitrogens with zero attached hydrogens (tertiary/aromatic N) is 2. The van der Waals surface area contributed by atoms with Crippen molar-refractivity contribution in [3.63, 3.8) is 0 Å². The molecule has 1 N–H and O–H groups in total. The van der Waals surface area contributed by atoms with Gasteiger partial charge >= 0.3 is 0 Å². The van der Waals surface area contributed by atoms with Crippen molar-refractivity contribution < 1.29 is 19.2 Å². The van der Waals surface area contributed by atoms with E-state index in [4.69, 9.17) is 0 Å². The van der Waals surface area contributed by atoms with Crippen LogP contribution in [0.2, 0.25) is 0 Å². The Kier molecular flexibility index (Phi) is 9.34. The molecule has 172 valence electrons. The van der Waals surface area contributed by atoms with Gasteiger partial charge in [0.05, 0.1) is 0 Å². The van der Waals surface area contributed by atoms with Gasteiger partial charge in [0, 0.05) is 54.6 Å². The highest BCUT2D eigenvalue weighted by Gasteiger charge is 2.31. The predicted molar refractivity (Wildman–Crippen MR) is 126 cm³/mol. The van der Waals surface area contributed by atoms with E-state index in [9.17, 15) is 19.2 Å². The minimum absolute atomic E-state index is 0.0294. The van der Waals surface area contributed by atoms with Crippen molar-refractivity contribution in [3.8, 4) is 0 Å². The number of hydrogen-bond donors (Lipinski definition) is 1. The molecule has 8 heteroatoms. The number of alkyl halides is 1. The number of amides is 4. The minimum atomic E-state index is -0.225. The fourth-order valence-corrected chi connectivity index (χ4v) is 5.22. The third kappa shape index (κ3) is 7.29. The van der Waals surface area contributed by atoms with Gasteiger partial charge in [-0.1, -0.05) is 29.0 Å². The summed E-state index contributed by atoms with van der Waals surface area (Å²) in [5, 5.41) is 3.05. The summed E-state index contributed by atoms with van der Waals surface area (Å²) < 4.78 is 0.705. The van der Waals surface area contributed by atoms with Gasteiger partial charge in [-0.05, 0) is 57.3 Å². The van der Waals surface area contributed by atoms with E-state index >= 15 is 0 Å². The number of rotatable bonds is 9. The van der Waals surface area contributed by atoms with Crippen LogP contribution in [0.15, 0.2) is 12.2 Å². The molecule has 4 amide bonds. The van der Waals surface area contributed by atoms with Gasteiger partial charge < -0.3 is 10.2 Å². The number of carbonyl (C=O) groups excluding carboxylic acids is 4.